The molecular weight excluding hydrogens is 324 g/mol. The molecule has 0 saturated heterocycles. The number of carbonyl (C=O) groups excluding carboxylic acids is 1. The van der Waals surface area contributed by atoms with Gasteiger partial charge in [0.15, 0.2) is 5.65 Å². The molecule has 0 spiro atoms. The third-order valence-electron chi connectivity index (χ3n) is 4.53. The van der Waals surface area contributed by atoms with Crippen LogP contribution in [0.4, 0.5) is 0 Å². The highest BCUT2D eigenvalue weighted by Crippen LogP contribution is 2.28. The lowest BCUT2D eigenvalue weighted by Gasteiger charge is -2.09. The predicted molar refractivity (Wildman–Crippen MR) is 105 cm³/mol. The van der Waals surface area contributed by atoms with Crippen molar-refractivity contribution in [3.63, 3.8) is 0 Å². The Morgan fingerprint density at radius 3 is 2.50 bits per heavy atom. The first-order valence-electron chi connectivity index (χ1n) is 9.04. The van der Waals surface area contributed by atoms with Gasteiger partial charge >= 0.3 is 0 Å². The molecule has 0 aliphatic rings. The van der Waals surface area contributed by atoms with Crippen molar-refractivity contribution >= 4 is 39.0 Å². The van der Waals surface area contributed by atoms with Gasteiger partial charge in [-0.3, -0.25) is 4.79 Å². The molecule has 2 heterocycles. The second-order valence-electron chi connectivity index (χ2n) is 7.00. The zero-order valence-corrected chi connectivity index (χ0v) is 15.1. The van der Waals surface area contributed by atoms with Crippen molar-refractivity contribution < 1.29 is 4.79 Å². The molecule has 0 aliphatic heterocycles. The van der Waals surface area contributed by atoms with E-state index in [0.717, 1.165) is 33.1 Å². The van der Waals surface area contributed by atoms with E-state index in [2.05, 4.69) is 35.9 Å². The maximum absolute atomic E-state index is 12.2. The zero-order valence-electron chi connectivity index (χ0n) is 15.1. The van der Waals surface area contributed by atoms with Crippen LogP contribution in [0, 0.1) is 5.92 Å². The third-order valence-corrected chi connectivity index (χ3v) is 4.53. The van der Waals surface area contributed by atoms with Crippen LogP contribution in [0.15, 0.2) is 48.5 Å². The summed E-state index contributed by atoms with van der Waals surface area (Å²) < 4.78 is 2.11. The maximum Gasteiger partial charge on any atom is 0.221 e. The molecule has 2 aromatic carbocycles. The van der Waals surface area contributed by atoms with Crippen LogP contribution in [0.2, 0.25) is 0 Å². The number of aromatic nitrogens is 3. The Morgan fingerprint density at radius 2 is 1.73 bits per heavy atom. The summed E-state index contributed by atoms with van der Waals surface area (Å²) in [7, 11) is 0. The van der Waals surface area contributed by atoms with Crippen molar-refractivity contribution in [1.29, 1.82) is 0 Å². The molecule has 4 rings (SSSR count). The molecule has 0 saturated carbocycles. The predicted octanol–water partition coefficient (Wildman–Crippen LogP) is 3.90. The molecule has 0 radical (unpaired) electrons. The molecule has 5 nitrogen and oxygen atoms in total. The van der Waals surface area contributed by atoms with E-state index in [1.54, 1.807) is 0 Å². The Bertz CT molecular complexity index is 1100. The summed E-state index contributed by atoms with van der Waals surface area (Å²) in [5.74, 6) is 0.516. The van der Waals surface area contributed by atoms with Gasteiger partial charge in [-0.2, -0.15) is 0 Å². The van der Waals surface area contributed by atoms with Crippen molar-refractivity contribution in [3.8, 4) is 0 Å². The van der Waals surface area contributed by atoms with Gasteiger partial charge in [0, 0.05) is 24.9 Å². The van der Waals surface area contributed by atoms with E-state index in [0.29, 0.717) is 25.4 Å². The summed E-state index contributed by atoms with van der Waals surface area (Å²) in [6.45, 7) is 5.47. The van der Waals surface area contributed by atoms with E-state index in [9.17, 15) is 4.79 Å². The van der Waals surface area contributed by atoms with Crippen molar-refractivity contribution in [2.45, 2.75) is 26.8 Å². The van der Waals surface area contributed by atoms with Crippen LogP contribution in [0.5, 0.6) is 0 Å². The van der Waals surface area contributed by atoms with E-state index in [1.807, 2.05) is 36.4 Å². The largest absolute Gasteiger partial charge is 0.356 e. The van der Waals surface area contributed by atoms with E-state index in [-0.39, 0.29) is 5.91 Å². The van der Waals surface area contributed by atoms with Crippen molar-refractivity contribution in [2.75, 3.05) is 6.54 Å². The fourth-order valence-electron chi connectivity index (χ4n) is 3.23. The lowest BCUT2D eigenvalue weighted by Crippen LogP contribution is -2.28. The standard InChI is InChI=1S/C21H22N4O/c1-14(2)13-22-19(26)11-12-25-18-10-6-3-7-15(18)20-21(25)24-17-9-5-4-8-16(17)23-20/h3-10,14H,11-13H2,1-2H3,(H,22,26). The van der Waals surface area contributed by atoms with Crippen molar-refractivity contribution in [3.05, 3.63) is 48.5 Å². The minimum Gasteiger partial charge on any atom is -0.356 e. The third kappa shape index (κ3) is 3.01. The molecule has 4 aromatic rings. The molecule has 1 amide bonds. The van der Waals surface area contributed by atoms with Crippen LogP contribution < -0.4 is 5.32 Å². The van der Waals surface area contributed by atoms with E-state index >= 15 is 0 Å². The number of hydrogen-bond donors (Lipinski definition) is 1. The summed E-state index contributed by atoms with van der Waals surface area (Å²) in [6, 6.07) is 16.0. The molecular formula is C21H22N4O. The molecule has 0 fully saturated rings. The van der Waals surface area contributed by atoms with Crippen LogP contribution in [-0.2, 0) is 11.3 Å². The molecule has 0 aliphatic carbocycles. The highest BCUT2D eigenvalue weighted by atomic mass is 16.1. The summed E-state index contributed by atoms with van der Waals surface area (Å²) in [5, 5.41) is 4.05. The van der Waals surface area contributed by atoms with Gasteiger partial charge < -0.3 is 9.88 Å². The van der Waals surface area contributed by atoms with Gasteiger partial charge in [0.05, 0.1) is 16.6 Å². The topological polar surface area (TPSA) is 59.8 Å². The minimum atomic E-state index is 0.0679. The number of para-hydroxylation sites is 3. The fraction of sp³-hybridized carbons (Fsp3) is 0.286. The Balaban J connectivity index is 1.76. The summed E-state index contributed by atoms with van der Waals surface area (Å²) in [4.78, 5) is 21.8. The number of nitrogens with zero attached hydrogens (tertiary/aromatic N) is 3. The average Bonchev–Trinajstić information content (AvgIpc) is 2.96. The normalized spacial score (nSPS) is 11.7. The number of fused-ring (bicyclic) bond motifs is 4. The number of hydrogen-bond acceptors (Lipinski definition) is 3. The number of carbonyl (C=O) groups is 1. The minimum absolute atomic E-state index is 0.0679. The highest BCUT2D eigenvalue weighted by Gasteiger charge is 2.15. The van der Waals surface area contributed by atoms with Crippen LogP contribution in [0.3, 0.4) is 0 Å². The number of benzene rings is 2. The highest BCUT2D eigenvalue weighted by molar-refractivity contribution is 6.06. The van der Waals surface area contributed by atoms with Crippen molar-refractivity contribution in [2.24, 2.45) is 5.92 Å². The van der Waals surface area contributed by atoms with Gasteiger partial charge in [-0.25, -0.2) is 9.97 Å². The Hall–Kier alpha value is -2.95. The molecule has 132 valence electrons. The summed E-state index contributed by atoms with van der Waals surface area (Å²) in [6.07, 6.45) is 0.426. The number of aryl methyl sites for hydroxylation is 1. The number of rotatable bonds is 5. The lowest BCUT2D eigenvalue weighted by atomic mass is 10.2. The average molecular weight is 346 g/mol. The smallest absolute Gasteiger partial charge is 0.221 e. The Kier molecular flexibility index (Phi) is 4.29. The van der Waals surface area contributed by atoms with Gasteiger partial charge in [0.2, 0.25) is 5.91 Å². The molecule has 5 heteroatoms. The monoisotopic (exact) mass is 346 g/mol. The fourth-order valence-corrected chi connectivity index (χ4v) is 3.23. The zero-order chi connectivity index (χ0) is 18.1. The van der Waals surface area contributed by atoms with Crippen LogP contribution >= 0.6 is 0 Å². The van der Waals surface area contributed by atoms with Crippen LogP contribution in [0.1, 0.15) is 20.3 Å². The van der Waals surface area contributed by atoms with Gasteiger partial charge in [-0.1, -0.05) is 44.2 Å². The van der Waals surface area contributed by atoms with Crippen molar-refractivity contribution in [1.82, 2.24) is 19.9 Å². The number of nitrogens with one attached hydrogen (secondary N) is 1. The van der Waals surface area contributed by atoms with Gasteiger partial charge in [-0.15, -0.1) is 0 Å². The number of amides is 1. The van der Waals surface area contributed by atoms with E-state index in [1.165, 1.54) is 0 Å². The van der Waals surface area contributed by atoms with Gasteiger partial charge in [0.1, 0.15) is 5.52 Å². The molecule has 0 atom stereocenters. The lowest BCUT2D eigenvalue weighted by molar-refractivity contribution is -0.121. The van der Waals surface area contributed by atoms with Crippen LogP contribution in [0.25, 0.3) is 33.1 Å². The first-order chi connectivity index (χ1) is 12.6. The Morgan fingerprint density at radius 1 is 1.04 bits per heavy atom. The first kappa shape index (κ1) is 16.5. The molecule has 26 heavy (non-hydrogen) atoms. The molecule has 0 unspecified atom stereocenters. The Labute approximate surface area is 152 Å². The van der Waals surface area contributed by atoms with Gasteiger partial charge in [0.25, 0.3) is 0 Å². The summed E-state index contributed by atoms with van der Waals surface area (Å²) >= 11 is 0. The second kappa shape index (κ2) is 6.75. The molecule has 0 bridgehead atoms. The summed E-state index contributed by atoms with van der Waals surface area (Å²) in [5.41, 5.74) is 4.55. The van der Waals surface area contributed by atoms with E-state index in [4.69, 9.17) is 9.97 Å². The first-order valence-corrected chi connectivity index (χ1v) is 9.04. The van der Waals surface area contributed by atoms with Crippen LogP contribution in [-0.4, -0.2) is 27.0 Å². The molecule has 1 N–H and O–H groups in total. The van der Waals surface area contributed by atoms with E-state index < -0.39 is 0 Å². The quantitative estimate of drug-likeness (QED) is 0.596. The molecule has 2 aromatic heterocycles. The maximum atomic E-state index is 12.2. The van der Waals surface area contributed by atoms with Gasteiger partial charge in [-0.05, 0) is 24.1 Å². The second-order valence-corrected chi connectivity index (χ2v) is 7.00. The SMILES string of the molecule is CC(C)CNC(=O)CCn1c2ccccc2c2nc3ccccc3nc21.